The van der Waals surface area contributed by atoms with Crippen LogP contribution in [0.1, 0.15) is 49.0 Å². The molecule has 9 heteroatoms. The fourth-order valence-corrected chi connectivity index (χ4v) is 4.49. The number of hydrogen-bond donors (Lipinski definition) is 2. The second-order valence-electron chi connectivity index (χ2n) is 9.41. The quantitative estimate of drug-likeness (QED) is 0.472. The molecule has 35 heavy (non-hydrogen) atoms. The summed E-state index contributed by atoms with van der Waals surface area (Å²) < 4.78 is 15.6. The molecule has 0 radical (unpaired) electrons. The summed E-state index contributed by atoms with van der Waals surface area (Å²) in [6.07, 6.45) is -0.216. The van der Waals surface area contributed by atoms with Crippen LogP contribution >= 0.6 is 0 Å². The number of benzene rings is 2. The van der Waals surface area contributed by atoms with Crippen LogP contribution in [-0.4, -0.2) is 65.4 Å². The zero-order chi connectivity index (χ0) is 25.9. The molecule has 1 fully saturated rings. The van der Waals surface area contributed by atoms with Crippen molar-refractivity contribution in [1.29, 1.82) is 0 Å². The van der Waals surface area contributed by atoms with Crippen molar-refractivity contribution in [1.82, 2.24) is 4.90 Å². The zero-order valence-corrected chi connectivity index (χ0v) is 20.5. The van der Waals surface area contributed by atoms with Crippen LogP contribution in [-0.2, 0) is 19.1 Å². The van der Waals surface area contributed by atoms with Gasteiger partial charge in [0.05, 0.1) is 20.6 Å². The molecule has 0 saturated carbocycles. The first-order chi connectivity index (χ1) is 16.5. The summed E-state index contributed by atoms with van der Waals surface area (Å²) in [5, 5.41) is 21.2. The summed E-state index contributed by atoms with van der Waals surface area (Å²) in [5.41, 5.74) is -0.125. The SMILES string of the molecule is COC(=O)[C@@H]1[C@@H](CC(=O)OC(C)(C)C)[C@H](c2ccc(OC)c(O)c2O)CN1C(=O)c1ccccc1. The third kappa shape index (κ3) is 5.50. The zero-order valence-electron chi connectivity index (χ0n) is 20.5. The molecule has 2 N–H and O–H groups in total. The molecule has 188 valence electrons. The number of carbonyl (C=O) groups is 3. The van der Waals surface area contributed by atoms with Gasteiger partial charge >= 0.3 is 11.9 Å². The molecule has 3 atom stereocenters. The van der Waals surface area contributed by atoms with E-state index in [1.165, 1.54) is 25.2 Å². The maximum Gasteiger partial charge on any atom is 0.328 e. The molecular weight excluding hydrogens is 454 g/mol. The van der Waals surface area contributed by atoms with E-state index >= 15 is 0 Å². The van der Waals surface area contributed by atoms with Crippen LogP contribution in [0.5, 0.6) is 17.2 Å². The summed E-state index contributed by atoms with van der Waals surface area (Å²) in [4.78, 5) is 40.6. The van der Waals surface area contributed by atoms with E-state index < -0.39 is 52.8 Å². The number of hydrogen-bond acceptors (Lipinski definition) is 8. The number of phenols is 2. The lowest BCUT2D eigenvalue weighted by atomic mass is 9.82. The van der Waals surface area contributed by atoms with Gasteiger partial charge in [-0.1, -0.05) is 24.3 Å². The minimum Gasteiger partial charge on any atom is -0.504 e. The van der Waals surface area contributed by atoms with Gasteiger partial charge in [0.25, 0.3) is 5.91 Å². The first-order valence-corrected chi connectivity index (χ1v) is 11.2. The van der Waals surface area contributed by atoms with Crippen LogP contribution in [0, 0.1) is 5.92 Å². The van der Waals surface area contributed by atoms with E-state index in [4.69, 9.17) is 14.2 Å². The number of amides is 1. The minimum atomic E-state index is -1.12. The van der Waals surface area contributed by atoms with Crippen molar-refractivity contribution in [2.24, 2.45) is 5.92 Å². The van der Waals surface area contributed by atoms with Gasteiger partial charge < -0.3 is 29.3 Å². The molecule has 2 aromatic carbocycles. The second-order valence-corrected chi connectivity index (χ2v) is 9.41. The van der Waals surface area contributed by atoms with E-state index in [0.717, 1.165) is 0 Å². The van der Waals surface area contributed by atoms with Gasteiger partial charge in [-0.3, -0.25) is 9.59 Å². The third-order valence-corrected chi connectivity index (χ3v) is 5.96. The monoisotopic (exact) mass is 485 g/mol. The van der Waals surface area contributed by atoms with Crippen molar-refractivity contribution in [2.45, 2.75) is 44.8 Å². The maximum atomic E-state index is 13.4. The Balaban J connectivity index is 2.10. The number of aromatic hydroxyl groups is 2. The van der Waals surface area contributed by atoms with Crippen molar-refractivity contribution in [2.75, 3.05) is 20.8 Å². The molecular formula is C26H31NO8. The van der Waals surface area contributed by atoms with E-state index in [9.17, 15) is 24.6 Å². The molecule has 3 rings (SSSR count). The molecule has 1 aliphatic heterocycles. The highest BCUT2D eigenvalue weighted by molar-refractivity contribution is 5.97. The van der Waals surface area contributed by atoms with Crippen LogP contribution in [0.15, 0.2) is 42.5 Å². The number of rotatable bonds is 6. The number of carbonyl (C=O) groups excluding carboxylic acids is 3. The van der Waals surface area contributed by atoms with Crippen LogP contribution < -0.4 is 4.74 Å². The Hall–Kier alpha value is -3.75. The van der Waals surface area contributed by atoms with Crippen molar-refractivity contribution >= 4 is 17.8 Å². The van der Waals surface area contributed by atoms with Crippen LogP contribution in [0.3, 0.4) is 0 Å². The highest BCUT2D eigenvalue weighted by Gasteiger charge is 2.51. The number of esters is 2. The maximum absolute atomic E-state index is 13.4. The highest BCUT2D eigenvalue weighted by atomic mass is 16.6. The van der Waals surface area contributed by atoms with Gasteiger partial charge in [-0.05, 0) is 39.0 Å². The number of methoxy groups -OCH3 is 2. The topological polar surface area (TPSA) is 123 Å². The first kappa shape index (κ1) is 25.9. The standard InChI is InChI=1S/C26H31NO8/c1-26(2,3)35-20(28)13-17-18(16-11-12-19(33-4)23(30)22(16)29)14-27(21(17)25(32)34-5)24(31)15-9-7-6-8-10-15/h6-12,17-18,21,29-30H,13-14H2,1-5H3/t17-,18-,21-/m0/s1. The Bertz CT molecular complexity index is 1090. The molecule has 0 spiro atoms. The average Bonchev–Trinajstić information content (AvgIpc) is 3.17. The lowest BCUT2D eigenvalue weighted by molar-refractivity contribution is -0.157. The molecule has 1 heterocycles. The molecule has 0 bridgehead atoms. The van der Waals surface area contributed by atoms with E-state index in [0.29, 0.717) is 5.56 Å². The number of nitrogens with zero attached hydrogens (tertiary/aromatic N) is 1. The first-order valence-electron chi connectivity index (χ1n) is 11.2. The molecule has 1 saturated heterocycles. The lowest BCUT2D eigenvalue weighted by Gasteiger charge is -2.27. The van der Waals surface area contributed by atoms with Gasteiger partial charge in [0.15, 0.2) is 11.5 Å². The van der Waals surface area contributed by atoms with E-state index in [2.05, 4.69) is 0 Å². The van der Waals surface area contributed by atoms with E-state index in [1.807, 2.05) is 0 Å². The number of ether oxygens (including phenoxy) is 3. The predicted molar refractivity (Wildman–Crippen MR) is 126 cm³/mol. The van der Waals surface area contributed by atoms with Crippen molar-refractivity contribution in [3.8, 4) is 17.2 Å². The van der Waals surface area contributed by atoms with Gasteiger partial charge in [-0.25, -0.2) is 4.79 Å². The van der Waals surface area contributed by atoms with Crippen molar-refractivity contribution < 1.29 is 38.8 Å². The average molecular weight is 486 g/mol. The van der Waals surface area contributed by atoms with Crippen LogP contribution in [0.25, 0.3) is 0 Å². The molecule has 0 aromatic heterocycles. The van der Waals surface area contributed by atoms with Gasteiger partial charge in [0, 0.05) is 29.5 Å². The van der Waals surface area contributed by atoms with Gasteiger partial charge in [0.1, 0.15) is 11.6 Å². The molecule has 0 unspecified atom stereocenters. The van der Waals surface area contributed by atoms with E-state index in [1.54, 1.807) is 57.2 Å². The Kier molecular flexibility index (Phi) is 7.57. The van der Waals surface area contributed by atoms with Gasteiger partial charge in [0.2, 0.25) is 5.75 Å². The van der Waals surface area contributed by atoms with E-state index in [-0.39, 0.29) is 24.3 Å². The summed E-state index contributed by atoms with van der Waals surface area (Å²) in [6.45, 7) is 5.19. The number of phenolic OH excluding ortho intramolecular Hbond substituents is 2. The molecule has 1 aliphatic rings. The van der Waals surface area contributed by atoms with Crippen LogP contribution in [0.2, 0.25) is 0 Å². The fourth-order valence-electron chi connectivity index (χ4n) is 4.49. The van der Waals surface area contributed by atoms with Crippen molar-refractivity contribution in [3.05, 3.63) is 53.6 Å². The Morgan fingerprint density at radius 3 is 2.23 bits per heavy atom. The molecule has 2 aromatic rings. The predicted octanol–water partition coefficient (Wildman–Crippen LogP) is 3.24. The van der Waals surface area contributed by atoms with Crippen LogP contribution in [0.4, 0.5) is 0 Å². The number of likely N-dealkylation sites (tertiary alicyclic amines) is 1. The largest absolute Gasteiger partial charge is 0.504 e. The van der Waals surface area contributed by atoms with Crippen molar-refractivity contribution in [3.63, 3.8) is 0 Å². The van der Waals surface area contributed by atoms with Gasteiger partial charge in [-0.15, -0.1) is 0 Å². The molecule has 1 amide bonds. The Morgan fingerprint density at radius 1 is 1.00 bits per heavy atom. The molecule has 0 aliphatic carbocycles. The fraction of sp³-hybridized carbons (Fsp3) is 0.423. The second kappa shape index (κ2) is 10.2. The van der Waals surface area contributed by atoms with Gasteiger partial charge in [-0.2, -0.15) is 0 Å². The Labute approximate surface area is 204 Å². The third-order valence-electron chi connectivity index (χ3n) is 5.96. The summed E-state index contributed by atoms with van der Waals surface area (Å²) >= 11 is 0. The smallest absolute Gasteiger partial charge is 0.328 e. The summed E-state index contributed by atoms with van der Waals surface area (Å²) in [5.74, 6) is -4.00. The highest BCUT2D eigenvalue weighted by Crippen LogP contribution is 2.48. The lowest BCUT2D eigenvalue weighted by Crippen LogP contribution is -2.44. The summed E-state index contributed by atoms with van der Waals surface area (Å²) in [7, 11) is 2.56. The molecule has 9 nitrogen and oxygen atoms in total. The normalized spacial score (nSPS) is 19.8. The summed E-state index contributed by atoms with van der Waals surface area (Å²) in [6, 6.07) is 10.3. The Morgan fingerprint density at radius 2 is 1.66 bits per heavy atom. The minimum absolute atomic E-state index is 0.000285.